The third-order valence-electron chi connectivity index (χ3n) is 3.87. The highest BCUT2D eigenvalue weighted by atomic mass is 16.3. The smallest absolute Gasteiger partial charge is 0.252 e. The Balaban J connectivity index is 2.23. The van der Waals surface area contributed by atoms with Crippen molar-refractivity contribution in [1.82, 2.24) is 0 Å². The molecule has 0 spiro atoms. The van der Waals surface area contributed by atoms with Crippen molar-refractivity contribution in [2.45, 2.75) is 12.5 Å². The van der Waals surface area contributed by atoms with E-state index >= 15 is 0 Å². The van der Waals surface area contributed by atoms with Gasteiger partial charge in [0.1, 0.15) is 11.6 Å². The quantitative estimate of drug-likeness (QED) is 0.774. The summed E-state index contributed by atoms with van der Waals surface area (Å²) >= 11 is 0. The van der Waals surface area contributed by atoms with Crippen LogP contribution in [0, 0.1) is 5.41 Å². The molecule has 0 bridgehead atoms. The van der Waals surface area contributed by atoms with E-state index in [2.05, 4.69) is 0 Å². The van der Waals surface area contributed by atoms with E-state index in [0.717, 1.165) is 5.69 Å². The van der Waals surface area contributed by atoms with Gasteiger partial charge in [-0.1, -0.05) is 24.3 Å². The number of nitrogens with two attached hydrogens (primary N) is 1. The van der Waals surface area contributed by atoms with Gasteiger partial charge in [0.2, 0.25) is 0 Å². The van der Waals surface area contributed by atoms with Crippen LogP contribution in [0.25, 0.3) is 0 Å². The van der Waals surface area contributed by atoms with Gasteiger partial charge >= 0.3 is 0 Å². The standard InChI is InChI=1S/C16H15N3O2/c1-16-8-7-11(20)9-12(16)13(15(18)21)14(17)19(16)10-5-3-2-4-6-10/h2-9,17,20H,1H3,(H2,18,21). The number of aliphatic hydroxyl groups excluding tert-OH is 1. The maximum atomic E-state index is 11.8. The Morgan fingerprint density at radius 1 is 1.33 bits per heavy atom. The number of para-hydroxylation sites is 1. The first kappa shape index (κ1) is 13.2. The SMILES string of the molecule is CC12C=CC(O)=CC1=C(C(N)=O)C(=N)N2c1ccccc1. The van der Waals surface area contributed by atoms with Gasteiger partial charge in [-0.05, 0) is 31.2 Å². The lowest BCUT2D eigenvalue weighted by Gasteiger charge is -2.37. The Morgan fingerprint density at radius 2 is 2.00 bits per heavy atom. The number of benzene rings is 1. The molecule has 1 atom stereocenters. The molecular formula is C16H15N3O2. The maximum absolute atomic E-state index is 11.8. The molecule has 5 heteroatoms. The number of carbonyl (C=O) groups excluding carboxylic acids is 1. The number of hydrogen-bond acceptors (Lipinski definition) is 3. The van der Waals surface area contributed by atoms with E-state index in [1.807, 2.05) is 37.3 Å². The van der Waals surface area contributed by atoms with E-state index < -0.39 is 11.4 Å². The number of primary amides is 1. The summed E-state index contributed by atoms with van der Waals surface area (Å²) in [5, 5.41) is 18.1. The van der Waals surface area contributed by atoms with E-state index in [9.17, 15) is 9.90 Å². The van der Waals surface area contributed by atoms with Crippen LogP contribution < -0.4 is 10.6 Å². The van der Waals surface area contributed by atoms with Gasteiger partial charge in [0.05, 0.1) is 11.1 Å². The largest absolute Gasteiger partial charge is 0.508 e. The lowest BCUT2D eigenvalue weighted by Crippen LogP contribution is -2.45. The van der Waals surface area contributed by atoms with Crippen LogP contribution in [0.2, 0.25) is 0 Å². The summed E-state index contributed by atoms with van der Waals surface area (Å²) in [5.74, 6) is -0.579. The second-order valence-corrected chi connectivity index (χ2v) is 5.22. The summed E-state index contributed by atoms with van der Waals surface area (Å²) < 4.78 is 0. The Kier molecular flexibility index (Phi) is 2.73. The van der Waals surface area contributed by atoms with E-state index in [-0.39, 0.29) is 17.2 Å². The number of carbonyl (C=O) groups is 1. The second-order valence-electron chi connectivity index (χ2n) is 5.22. The zero-order valence-corrected chi connectivity index (χ0v) is 11.5. The minimum Gasteiger partial charge on any atom is -0.508 e. The fourth-order valence-corrected chi connectivity index (χ4v) is 2.90. The molecule has 0 aromatic heterocycles. The van der Waals surface area contributed by atoms with Crippen molar-refractivity contribution in [3.05, 3.63) is 65.5 Å². The molecule has 0 saturated carbocycles. The van der Waals surface area contributed by atoms with Crippen LogP contribution >= 0.6 is 0 Å². The lowest BCUT2D eigenvalue weighted by molar-refractivity contribution is -0.114. The van der Waals surface area contributed by atoms with E-state index in [4.69, 9.17) is 11.1 Å². The van der Waals surface area contributed by atoms with Crippen LogP contribution in [0.5, 0.6) is 0 Å². The zero-order chi connectivity index (χ0) is 15.2. The molecule has 1 aromatic rings. The predicted octanol–water partition coefficient (Wildman–Crippen LogP) is 2.04. The first-order valence-electron chi connectivity index (χ1n) is 6.54. The van der Waals surface area contributed by atoms with Gasteiger partial charge in [-0.15, -0.1) is 0 Å². The molecule has 3 rings (SSSR count). The Hall–Kier alpha value is -2.82. The van der Waals surface area contributed by atoms with Crippen molar-refractivity contribution < 1.29 is 9.90 Å². The van der Waals surface area contributed by atoms with Gasteiger partial charge in [-0.2, -0.15) is 0 Å². The molecule has 5 nitrogen and oxygen atoms in total. The fourth-order valence-electron chi connectivity index (χ4n) is 2.90. The highest BCUT2D eigenvalue weighted by molar-refractivity contribution is 6.29. The van der Waals surface area contributed by atoms with Gasteiger partial charge in [0, 0.05) is 11.3 Å². The van der Waals surface area contributed by atoms with Crippen molar-refractivity contribution in [2.75, 3.05) is 4.90 Å². The van der Waals surface area contributed by atoms with E-state index in [1.165, 1.54) is 6.08 Å². The average Bonchev–Trinajstić information content (AvgIpc) is 2.67. The number of anilines is 1. The zero-order valence-electron chi connectivity index (χ0n) is 11.5. The number of amidine groups is 1. The molecule has 1 aliphatic heterocycles. The second kappa shape index (κ2) is 4.34. The number of hydrogen-bond donors (Lipinski definition) is 3. The number of nitrogens with zero attached hydrogens (tertiary/aromatic N) is 1. The van der Waals surface area contributed by atoms with Gasteiger partial charge in [0.15, 0.2) is 0 Å². The number of rotatable bonds is 2. The topological polar surface area (TPSA) is 90.4 Å². The van der Waals surface area contributed by atoms with Crippen molar-refractivity contribution in [3.8, 4) is 0 Å². The minimum atomic E-state index is -0.713. The molecule has 1 aliphatic carbocycles. The van der Waals surface area contributed by atoms with E-state index in [1.54, 1.807) is 17.1 Å². The molecule has 1 unspecified atom stereocenters. The predicted molar refractivity (Wildman–Crippen MR) is 81.1 cm³/mol. The molecule has 4 N–H and O–H groups in total. The first-order valence-corrected chi connectivity index (χ1v) is 6.54. The van der Waals surface area contributed by atoms with Crippen LogP contribution in [-0.2, 0) is 4.79 Å². The fraction of sp³-hybridized carbons (Fsp3) is 0.125. The molecule has 0 radical (unpaired) electrons. The molecule has 0 fully saturated rings. The maximum Gasteiger partial charge on any atom is 0.252 e. The highest BCUT2D eigenvalue weighted by Gasteiger charge is 2.47. The molecule has 1 heterocycles. The molecular weight excluding hydrogens is 266 g/mol. The van der Waals surface area contributed by atoms with Gasteiger partial charge in [-0.25, -0.2) is 0 Å². The van der Waals surface area contributed by atoms with Gasteiger partial charge in [0.25, 0.3) is 5.91 Å². The van der Waals surface area contributed by atoms with Crippen molar-refractivity contribution >= 4 is 17.4 Å². The van der Waals surface area contributed by atoms with Crippen molar-refractivity contribution in [3.63, 3.8) is 0 Å². The van der Waals surface area contributed by atoms with Gasteiger partial charge < -0.3 is 15.7 Å². The molecule has 0 saturated heterocycles. The van der Waals surface area contributed by atoms with Crippen LogP contribution in [0.4, 0.5) is 5.69 Å². The minimum absolute atomic E-state index is 0.0433. The summed E-state index contributed by atoms with van der Waals surface area (Å²) in [7, 11) is 0. The highest BCUT2D eigenvalue weighted by Crippen LogP contribution is 2.43. The number of amides is 1. The summed E-state index contributed by atoms with van der Waals surface area (Å²) in [5.41, 5.74) is 6.20. The Bertz CT molecular complexity index is 731. The van der Waals surface area contributed by atoms with Crippen LogP contribution in [0.3, 0.4) is 0 Å². The monoisotopic (exact) mass is 281 g/mol. The summed E-state index contributed by atoms with van der Waals surface area (Å²) in [6, 6.07) is 9.36. The normalized spacial score (nSPS) is 24.1. The molecule has 106 valence electrons. The summed E-state index contributed by atoms with van der Waals surface area (Å²) in [6.07, 6.45) is 4.84. The lowest BCUT2D eigenvalue weighted by atomic mass is 9.86. The van der Waals surface area contributed by atoms with Crippen LogP contribution in [-0.4, -0.2) is 22.4 Å². The Morgan fingerprint density at radius 3 is 2.62 bits per heavy atom. The number of allylic oxidation sites excluding steroid dienone is 1. The van der Waals surface area contributed by atoms with Crippen LogP contribution in [0.1, 0.15) is 6.92 Å². The number of nitrogens with one attached hydrogen (secondary N) is 1. The summed E-state index contributed by atoms with van der Waals surface area (Å²) in [4.78, 5) is 13.5. The molecule has 1 aromatic carbocycles. The number of fused-ring (bicyclic) bond motifs is 1. The number of aliphatic hydroxyl groups is 1. The van der Waals surface area contributed by atoms with Gasteiger partial charge in [-0.3, -0.25) is 10.2 Å². The average molecular weight is 281 g/mol. The Labute approximate surface area is 122 Å². The van der Waals surface area contributed by atoms with Crippen molar-refractivity contribution in [1.29, 1.82) is 5.41 Å². The van der Waals surface area contributed by atoms with E-state index in [0.29, 0.717) is 5.57 Å². The third kappa shape index (κ3) is 1.78. The summed E-state index contributed by atoms with van der Waals surface area (Å²) in [6.45, 7) is 1.89. The molecule has 1 amide bonds. The molecule has 21 heavy (non-hydrogen) atoms. The third-order valence-corrected chi connectivity index (χ3v) is 3.87. The first-order chi connectivity index (χ1) is 9.95. The van der Waals surface area contributed by atoms with Crippen LogP contribution in [0.15, 0.2) is 65.5 Å². The van der Waals surface area contributed by atoms with Crippen molar-refractivity contribution in [2.24, 2.45) is 5.73 Å². The molecule has 2 aliphatic rings.